The molecular weight excluding hydrogens is 350 g/mol. The highest BCUT2D eigenvalue weighted by Crippen LogP contribution is 2.21. The van der Waals surface area contributed by atoms with Crippen LogP contribution < -0.4 is 5.32 Å². The number of aromatic nitrogens is 2. The Hall–Kier alpha value is -2.05. The van der Waals surface area contributed by atoms with E-state index in [4.69, 9.17) is 16.3 Å². The summed E-state index contributed by atoms with van der Waals surface area (Å²) in [5.74, 6) is 0.929. The molecule has 140 valence electrons. The van der Waals surface area contributed by atoms with E-state index in [1.165, 1.54) is 5.56 Å². The Bertz CT molecular complexity index is 728. The molecule has 3 rings (SSSR count). The van der Waals surface area contributed by atoms with Gasteiger partial charge in [-0.2, -0.15) is 5.10 Å². The van der Waals surface area contributed by atoms with Crippen molar-refractivity contribution in [2.45, 2.75) is 18.9 Å². The van der Waals surface area contributed by atoms with Crippen molar-refractivity contribution >= 4 is 17.6 Å². The van der Waals surface area contributed by atoms with Gasteiger partial charge in [0.1, 0.15) is 6.10 Å². The summed E-state index contributed by atoms with van der Waals surface area (Å²) in [7, 11) is 3.75. The van der Waals surface area contributed by atoms with Crippen molar-refractivity contribution in [1.82, 2.24) is 20.0 Å². The second-order valence-corrected chi connectivity index (χ2v) is 6.89. The number of nitrogens with one attached hydrogen (secondary N) is 1. The molecule has 0 spiro atoms. The lowest BCUT2D eigenvalue weighted by molar-refractivity contribution is -0.00801. The van der Waals surface area contributed by atoms with Gasteiger partial charge in [0.2, 0.25) is 0 Å². The van der Waals surface area contributed by atoms with Crippen LogP contribution in [-0.4, -0.2) is 53.9 Å². The van der Waals surface area contributed by atoms with E-state index in [2.05, 4.69) is 32.4 Å². The zero-order valence-corrected chi connectivity index (χ0v) is 16.1. The first-order chi connectivity index (χ1) is 12.7. The Morgan fingerprint density at radius 3 is 2.88 bits per heavy atom. The molecule has 1 saturated heterocycles. The molecule has 7 heteroatoms. The quantitative estimate of drug-likeness (QED) is 0.496. The second-order valence-electron chi connectivity index (χ2n) is 6.46. The fourth-order valence-electron chi connectivity index (χ4n) is 3.13. The van der Waals surface area contributed by atoms with Crippen LogP contribution in [0.15, 0.2) is 41.7 Å². The highest BCUT2D eigenvalue weighted by molar-refractivity contribution is 6.30. The Kier molecular flexibility index (Phi) is 6.52. The predicted octanol–water partition coefficient (Wildman–Crippen LogP) is 2.66. The fourth-order valence-corrected chi connectivity index (χ4v) is 3.25. The van der Waals surface area contributed by atoms with Gasteiger partial charge in [-0.1, -0.05) is 23.7 Å². The minimum Gasteiger partial charge on any atom is -0.370 e. The largest absolute Gasteiger partial charge is 0.370 e. The van der Waals surface area contributed by atoms with Crippen molar-refractivity contribution in [2.24, 2.45) is 12.0 Å². The number of hydrogen-bond acceptors (Lipinski definition) is 3. The molecule has 26 heavy (non-hydrogen) atoms. The molecule has 1 aromatic carbocycles. The Morgan fingerprint density at radius 1 is 1.38 bits per heavy atom. The number of guanidine groups is 1. The normalized spacial score (nSPS) is 18.2. The maximum Gasteiger partial charge on any atom is 0.193 e. The molecule has 0 bridgehead atoms. The van der Waals surface area contributed by atoms with Crippen LogP contribution >= 0.6 is 11.6 Å². The van der Waals surface area contributed by atoms with E-state index >= 15 is 0 Å². The predicted molar refractivity (Wildman–Crippen MR) is 105 cm³/mol. The third kappa shape index (κ3) is 4.99. The van der Waals surface area contributed by atoms with Gasteiger partial charge in [0, 0.05) is 44.0 Å². The van der Waals surface area contributed by atoms with Crippen LogP contribution in [-0.2, 0) is 18.2 Å². The van der Waals surface area contributed by atoms with Crippen molar-refractivity contribution in [2.75, 3.05) is 33.3 Å². The number of aliphatic imine (C=N–C) groups is 1. The molecule has 2 aromatic rings. The summed E-state index contributed by atoms with van der Waals surface area (Å²) in [5.41, 5.74) is 2.41. The van der Waals surface area contributed by atoms with E-state index in [-0.39, 0.29) is 6.10 Å². The summed E-state index contributed by atoms with van der Waals surface area (Å²) < 4.78 is 7.71. The molecule has 1 fully saturated rings. The lowest BCUT2D eigenvalue weighted by Crippen LogP contribution is -2.48. The molecule has 1 N–H and O–H groups in total. The maximum atomic E-state index is 5.93. The third-order valence-corrected chi connectivity index (χ3v) is 4.76. The van der Waals surface area contributed by atoms with E-state index < -0.39 is 0 Å². The van der Waals surface area contributed by atoms with Gasteiger partial charge in [0.15, 0.2) is 5.96 Å². The molecule has 1 unspecified atom stereocenters. The summed E-state index contributed by atoms with van der Waals surface area (Å²) in [4.78, 5) is 6.69. The number of benzene rings is 1. The Balaban J connectivity index is 1.48. The summed E-state index contributed by atoms with van der Waals surface area (Å²) in [6.07, 6.45) is 5.97. The molecule has 1 atom stereocenters. The average Bonchev–Trinajstić information content (AvgIpc) is 3.10. The maximum absolute atomic E-state index is 5.93. The number of hydrogen-bond donors (Lipinski definition) is 1. The van der Waals surface area contributed by atoms with Crippen LogP contribution in [0.1, 0.15) is 23.7 Å². The first-order valence-electron chi connectivity index (χ1n) is 8.96. The van der Waals surface area contributed by atoms with Crippen molar-refractivity contribution in [1.29, 1.82) is 0 Å². The molecule has 1 aromatic heterocycles. The SMILES string of the molecule is CN=C(NCCCc1ccc(Cl)cc1)N1CCOC(c2cnn(C)c2)C1. The van der Waals surface area contributed by atoms with Gasteiger partial charge < -0.3 is 15.0 Å². The zero-order valence-electron chi connectivity index (χ0n) is 15.4. The second kappa shape index (κ2) is 9.05. The van der Waals surface area contributed by atoms with E-state index in [1.54, 1.807) is 0 Å². The van der Waals surface area contributed by atoms with Crippen LogP contribution in [0.25, 0.3) is 0 Å². The van der Waals surface area contributed by atoms with E-state index in [0.29, 0.717) is 6.61 Å². The monoisotopic (exact) mass is 375 g/mol. The smallest absolute Gasteiger partial charge is 0.193 e. The van der Waals surface area contributed by atoms with Crippen LogP contribution in [0.2, 0.25) is 5.02 Å². The van der Waals surface area contributed by atoms with Gasteiger partial charge >= 0.3 is 0 Å². The highest BCUT2D eigenvalue weighted by atomic mass is 35.5. The molecular formula is C19H26ClN5O. The van der Waals surface area contributed by atoms with Gasteiger partial charge in [-0.3, -0.25) is 9.67 Å². The molecule has 2 heterocycles. The topological polar surface area (TPSA) is 54.7 Å². The van der Waals surface area contributed by atoms with Crippen molar-refractivity contribution in [3.63, 3.8) is 0 Å². The minimum absolute atomic E-state index is 0.0325. The third-order valence-electron chi connectivity index (χ3n) is 4.51. The summed E-state index contributed by atoms with van der Waals surface area (Å²) in [6, 6.07) is 8.04. The van der Waals surface area contributed by atoms with Crippen LogP contribution in [0.4, 0.5) is 0 Å². The van der Waals surface area contributed by atoms with E-state index in [0.717, 1.165) is 49.0 Å². The molecule has 0 amide bonds. The Labute approximate surface area is 159 Å². The van der Waals surface area contributed by atoms with Gasteiger partial charge in [0.25, 0.3) is 0 Å². The average molecular weight is 376 g/mol. The summed E-state index contributed by atoms with van der Waals surface area (Å²) >= 11 is 5.93. The fraction of sp³-hybridized carbons (Fsp3) is 0.474. The minimum atomic E-state index is 0.0325. The van der Waals surface area contributed by atoms with Crippen LogP contribution in [0.3, 0.4) is 0 Å². The van der Waals surface area contributed by atoms with Gasteiger partial charge in [0.05, 0.1) is 19.3 Å². The first-order valence-corrected chi connectivity index (χ1v) is 9.33. The standard InChI is InChI=1S/C19H26ClN5O/c1-21-19(22-9-3-4-15-5-7-17(20)8-6-15)25-10-11-26-18(14-25)16-12-23-24(2)13-16/h5-8,12-13,18H,3-4,9-11,14H2,1-2H3,(H,21,22). The number of nitrogens with zero attached hydrogens (tertiary/aromatic N) is 4. The molecule has 0 aliphatic carbocycles. The first kappa shape index (κ1) is 18.7. The van der Waals surface area contributed by atoms with E-state index in [1.807, 2.05) is 43.3 Å². The summed E-state index contributed by atoms with van der Waals surface area (Å²) in [5, 5.41) is 8.49. The van der Waals surface area contributed by atoms with Gasteiger partial charge in [-0.15, -0.1) is 0 Å². The number of halogens is 1. The molecule has 0 radical (unpaired) electrons. The Morgan fingerprint density at radius 2 is 2.19 bits per heavy atom. The zero-order chi connectivity index (χ0) is 18.4. The summed E-state index contributed by atoms with van der Waals surface area (Å²) in [6.45, 7) is 3.19. The molecule has 1 aliphatic rings. The number of ether oxygens (including phenoxy) is 1. The highest BCUT2D eigenvalue weighted by Gasteiger charge is 2.24. The number of aryl methyl sites for hydroxylation is 2. The molecule has 6 nitrogen and oxygen atoms in total. The molecule has 0 saturated carbocycles. The van der Waals surface area contributed by atoms with Crippen LogP contribution in [0, 0.1) is 0 Å². The molecule has 1 aliphatic heterocycles. The lowest BCUT2D eigenvalue weighted by Gasteiger charge is -2.34. The number of morpholine rings is 1. The number of rotatable bonds is 5. The van der Waals surface area contributed by atoms with Gasteiger partial charge in [-0.05, 0) is 30.5 Å². The van der Waals surface area contributed by atoms with Crippen molar-refractivity contribution in [3.8, 4) is 0 Å². The van der Waals surface area contributed by atoms with Gasteiger partial charge in [-0.25, -0.2) is 0 Å². The van der Waals surface area contributed by atoms with Crippen LogP contribution in [0.5, 0.6) is 0 Å². The van der Waals surface area contributed by atoms with E-state index in [9.17, 15) is 0 Å². The van der Waals surface area contributed by atoms with Crippen molar-refractivity contribution in [3.05, 3.63) is 52.8 Å². The lowest BCUT2D eigenvalue weighted by atomic mass is 10.1. The van der Waals surface area contributed by atoms with Crippen molar-refractivity contribution < 1.29 is 4.74 Å².